The molecule has 28 heavy (non-hydrogen) atoms. The lowest BCUT2D eigenvalue weighted by atomic mass is 9.48. The van der Waals surface area contributed by atoms with Crippen LogP contribution < -0.4 is 0 Å². The Balaban J connectivity index is 1.97. The second kappa shape index (κ2) is 7.64. The lowest BCUT2D eigenvalue weighted by Gasteiger charge is -2.59. The molecule has 6 nitrogen and oxygen atoms in total. The number of aliphatic hydroxyl groups excluding tert-OH is 2. The molecule has 2 aliphatic carbocycles. The standard InChI is InChI=1S/C22H32O6/c1-13-7-18(28-14(2)24)20-21(3,12-23)9-16(25)10-22(20,4)17(13)6-5-15-8-19(26)27-11-15/h8,16,18,20,23,25H,5-7,9-12H2,1-4H3/t16-,18-,20-,21+,22+/m0/s1. The number of hydrogen-bond donors (Lipinski definition) is 2. The van der Waals surface area contributed by atoms with Crippen LogP contribution in [-0.4, -0.2) is 47.6 Å². The maximum atomic E-state index is 11.8. The molecule has 2 N–H and O–H groups in total. The summed E-state index contributed by atoms with van der Waals surface area (Å²) in [6.45, 7) is 7.88. The Morgan fingerprint density at radius 2 is 2.04 bits per heavy atom. The van der Waals surface area contributed by atoms with Gasteiger partial charge in [0.05, 0.1) is 6.10 Å². The van der Waals surface area contributed by atoms with Crippen molar-refractivity contribution < 1.29 is 29.3 Å². The molecule has 0 radical (unpaired) electrons. The van der Waals surface area contributed by atoms with Crippen molar-refractivity contribution in [1.82, 2.24) is 0 Å². The Morgan fingerprint density at radius 1 is 1.32 bits per heavy atom. The fourth-order valence-electron chi connectivity index (χ4n) is 6.15. The molecule has 0 amide bonds. The summed E-state index contributed by atoms with van der Waals surface area (Å²) in [6, 6.07) is 0. The maximum Gasteiger partial charge on any atom is 0.331 e. The number of carbonyl (C=O) groups is 2. The fraction of sp³-hybridized carbons (Fsp3) is 0.727. The number of esters is 2. The molecule has 6 heteroatoms. The molecule has 0 spiro atoms. The van der Waals surface area contributed by atoms with E-state index in [2.05, 4.69) is 13.8 Å². The van der Waals surface area contributed by atoms with Gasteiger partial charge in [0.1, 0.15) is 12.7 Å². The van der Waals surface area contributed by atoms with Gasteiger partial charge >= 0.3 is 11.9 Å². The van der Waals surface area contributed by atoms with Crippen LogP contribution in [-0.2, 0) is 19.1 Å². The van der Waals surface area contributed by atoms with Crippen LogP contribution in [0.3, 0.4) is 0 Å². The first-order chi connectivity index (χ1) is 13.1. The smallest absolute Gasteiger partial charge is 0.331 e. The van der Waals surface area contributed by atoms with Crippen molar-refractivity contribution in [3.8, 4) is 0 Å². The predicted molar refractivity (Wildman–Crippen MR) is 103 cm³/mol. The minimum absolute atomic E-state index is 0.0676. The van der Waals surface area contributed by atoms with E-state index < -0.39 is 11.5 Å². The van der Waals surface area contributed by atoms with E-state index in [-0.39, 0.29) is 36.0 Å². The Bertz CT molecular complexity index is 723. The molecule has 156 valence electrons. The number of ether oxygens (including phenoxy) is 2. The van der Waals surface area contributed by atoms with Crippen LogP contribution in [0.2, 0.25) is 0 Å². The second-order valence-electron chi connectivity index (χ2n) is 9.29. The minimum atomic E-state index is -0.538. The van der Waals surface area contributed by atoms with E-state index in [1.165, 1.54) is 18.1 Å². The van der Waals surface area contributed by atoms with Crippen LogP contribution in [0.5, 0.6) is 0 Å². The topological polar surface area (TPSA) is 93.1 Å². The number of rotatable bonds is 5. The molecular weight excluding hydrogens is 360 g/mol. The van der Waals surface area contributed by atoms with Gasteiger partial charge in [-0.25, -0.2) is 4.79 Å². The highest BCUT2D eigenvalue weighted by Gasteiger charge is 2.58. The van der Waals surface area contributed by atoms with Crippen LogP contribution in [0.1, 0.15) is 59.8 Å². The van der Waals surface area contributed by atoms with Gasteiger partial charge in [-0.3, -0.25) is 4.79 Å². The molecule has 3 rings (SSSR count). The van der Waals surface area contributed by atoms with Crippen LogP contribution in [0.15, 0.2) is 22.8 Å². The summed E-state index contributed by atoms with van der Waals surface area (Å²) in [6.07, 6.45) is 3.92. The number of aliphatic hydroxyl groups is 2. The first kappa shape index (κ1) is 21.1. The second-order valence-corrected chi connectivity index (χ2v) is 9.29. The normalized spacial score (nSPS) is 38.0. The Hall–Kier alpha value is -1.66. The van der Waals surface area contributed by atoms with E-state index >= 15 is 0 Å². The van der Waals surface area contributed by atoms with Crippen LogP contribution in [0.25, 0.3) is 0 Å². The third-order valence-electron chi connectivity index (χ3n) is 6.98. The molecule has 0 unspecified atom stereocenters. The number of fused-ring (bicyclic) bond motifs is 1. The van der Waals surface area contributed by atoms with Gasteiger partial charge in [0.15, 0.2) is 0 Å². The van der Waals surface area contributed by atoms with Crippen LogP contribution >= 0.6 is 0 Å². The van der Waals surface area contributed by atoms with Crippen molar-refractivity contribution in [2.75, 3.05) is 13.2 Å². The Kier molecular flexibility index (Phi) is 5.74. The van der Waals surface area contributed by atoms with E-state index in [1.807, 2.05) is 6.92 Å². The van der Waals surface area contributed by atoms with E-state index in [0.29, 0.717) is 25.9 Å². The highest BCUT2D eigenvalue weighted by Crippen LogP contribution is 2.61. The van der Waals surface area contributed by atoms with Crippen LogP contribution in [0, 0.1) is 16.7 Å². The number of allylic oxidation sites excluding steroid dienone is 1. The highest BCUT2D eigenvalue weighted by atomic mass is 16.5. The fourth-order valence-corrected chi connectivity index (χ4v) is 6.15. The third-order valence-corrected chi connectivity index (χ3v) is 6.98. The van der Waals surface area contributed by atoms with Crippen molar-refractivity contribution in [2.24, 2.45) is 16.7 Å². The maximum absolute atomic E-state index is 11.8. The van der Waals surface area contributed by atoms with Gasteiger partial charge < -0.3 is 19.7 Å². The van der Waals surface area contributed by atoms with Gasteiger partial charge in [-0.05, 0) is 43.6 Å². The summed E-state index contributed by atoms with van der Waals surface area (Å²) < 4.78 is 10.7. The van der Waals surface area contributed by atoms with Gasteiger partial charge in [-0.15, -0.1) is 0 Å². The first-order valence-corrected chi connectivity index (χ1v) is 10.1. The third kappa shape index (κ3) is 3.77. The number of cyclic esters (lactones) is 1. The molecule has 1 saturated carbocycles. The molecular formula is C22H32O6. The van der Waals surface area contributed by atoms with Gasteiger partial charge in [-0.1, -0.05) is 25.0 Å². The predicted octanol–water partition coefficient (Wildman–Crippen LogP) is 2.68. The van der Waals surface area contributed by atoms with E-state index in [0.717, 1.165) is 18.4 Å². The molecule has 0 aromatic carbocycles. The van der Waals surface area contributed by atoms with E-state index in [9.17, 15) is 19.8 Å². The summed E-state index contributed by atoms with van der Waals surface area (Å²) in [7, 11) is 0. The molecule has 0 saturated heterocycles. The molecule has 1 aliphatic heterocycles. The number of hydrogen-bond acceptors (Lipinski definition) is 6. The molecule has 1 heterocycles. The van der Waals surface area contributed by atoms with Crippen molar-refractivity contribution in [3.63, 3.8) is 0 Å². The highest BCUT2D eigenvalue weighted by molar-refractivity contribution is 5.85. The van der Waals surface area contributed by atoms with E-state index in [1.54, 1.807) is 6.08 Å². The quantitative estimate of drug-likeness (QED) is 0.552. The summed E-state index contributed by atoms with van der Waals surface area (Å²) in [4.78, 5) is 23.1. The monoisotopic (exact) mass is 392 g/mol. The molecule has 0 bridgehead atoms. The summed E-state index contributed by atoms with van der Waals surface area (Å²) in [5.41, 5.74) is 2.48. The number of carbonyl (C=O) groups excluding carboxylic acids is 2. The van der Waals surface area contributed by atoms with Crippen LogP contribution in [0.4, 0.5) is 0 Å². The molecule has 1 fully saturated rings. The lowest BCUT2D eigenvalue weighted by Crippen LogP contribution is -2.58. The summed E-state index contributed by atoms with van der Waals surface area (Å²) in [5, 5.41) is 20.9. The van der Waals surface area contributed by atoms with Gasteiger partial charge in [0, 0.05) is 37.4 Å². The molecule has 5 atom stereocenters. The summed E-state index contributed by atoms with van der Waals surface area (Å²) >= 11 is 0. The Morgan fingerprint density at radius 3 is 2.61 bits per heavy atom. The Labute approximate surface area is 166 Å². The average molecular weight is 392 g/mol. The van der Waals surface area contributed by atoms with Gasteiger partial charge in [0.2, 0.25) is 0 Å². The SMILES string of the molecule is CC(=O)O[C@H]1CC(C)=C(CCC2=CC(=O)OC2)[C@@]2(C)C[C@@H](O)C[C@](C)(CO)[C@H]12. The summed E-state index contributed by atoms with van der Waals surface area (Å²) in [5.74, 6) is -0.683. The molecule has 0 aromatic rings. The molecule has 0 aromatic heterocycles. The first-order valence-electron chi connectivity index (χ1n) is 10.1. The van der Waals surface area contributed by atoms with Crippen molar-refractivity contribution in [2.45, 2.75) is 72.0 Å². The minimum Gasteiger partial charge on any atom is -0.462 e. The lowest BCUT2D eigenvalue weighted by molar-refractivity contribution is -0.172. The zero-order valence-corrected chi connectivity index (χ0v) is 17.3. The largest absolute Gasteiger partial charge is 0.462 e. The van der Waals surface area contributed by atoms with Gasteiger partial charge in [-0.2, -0.15) is 0 Å². The zero-order valence-electron chi connectivity index (χ0n) is 17.3. The van der Waals surface area contributed by atoms with Crippen molar-refractivity contribution in [3.05, 3.63) is 22.8 Å². The average Bonchev–Trinajstić information content (AvgIpc) is 2.97. The van der Waals surface area contributed by atoms with Crippen molar-refractivity contribution in [1.29, 1.82) is 0 Å². The zero-order chi connectivity index (χ0) is 20.7. The van der Waals surface area contributed by atoms with Gasteiger partial charge in [0.25, 0.3) is 0 Å². The van der Waals surface area contributed by atoms with E-state index in [4.69, 9.17) is 9.47 Å². The molecule has 3 aliphatic rings. The van der Waals surface area contributed by atoms with Crippen molar-refractivity contribution >= 4 is 11.9 Å².